The Morgan fingerprint density at radius 1 is 1.24 bits per heavy atom. The molecule has 2 aromatic carbocycles. The molecule has 1 aliphatic heterocycles. The lowest BCUT2D eigenvalue weighted by Crippen LogP contribution is -2.48. The predicted octanol–water partition coefficient (Wildman–Crippen LogP) is 6.41. The molecular weight excluding hydrogens is 593 g/mol. The molecule has 3 rings (SSSR count). The van der Waals surface area contributed by atoms with E-state index in [1.54, 1.807) is 30.3 Å². The maximum atomic E-state index is 15.4. The van der Waals surface area contributed by atoms with Crippen molar-refractivity contribution in [1.29, 1.82) is 0 Å². The second-order valence-electron chi connectivity index (χ2n) is 11.5. The number of benzene rings is 2. The highest BCUT2D eigenvalue weighted by Gasteiger charge is 2.54. The molecule has 1 heterocycles. The van der Waals surface area contributed by atoms with Crippen molar-refractivity contribution < 1.29 is 23.1 Å². The van der Waals surface area contributed by atoms with Gasteiger partial charge in [-0.05, 0) is 61.3 Å². The first-order chi connectivity index (χ1) is 17.5. The van der Waals surface area contributed by atoms with Crippen LogP contribution < -0.4 is 5.73 Å². The minimum Gasteiger partial charge on any atom is -0.465 e. The Hall–Kier alpha value is -2.27. The van der Waals surface area contributed by atoms with Gasteiger partial charge in [0.2, 0.25) is 0 Å². The van der Waals surface area contributed by atoms with Crippen molar-refractivity contribution in [2.45, 2.75) is 58.4 Å². The fourth-order valence-electron chi connectivity index (χ4n) is 4.55. The fraction of sp³-hybridized carbons (Fsp3) is 0.444. The zero-order valence-corrected chi connectivity index (χ0v) is 26.0. The summed E-state index contributed by atoms with van der Waals surface area (Å²) in [6.45, 7) is 12.0. The number of amides is 1. The molecule has 2 aromatic rings. The van der Waals surface area contributed by atoms with Crippen LogP contribution in [0.2, 0.25) is 24.7 Å². The number of nitrogens with zero attached hydrogens (tertiary/aromatic N) is 2. The maximum Gasteiger partial charge on any atom is 0.339 e. The Balaban J connectivity index is 2.20. The standard InChI is InChI=1S/C27H34BrClFN3O4Si/c1-26(2,3)15-27(19-10-9-17(28)13-21(19)30)24(35)33(25(31)32-27)22(14-37-38(5,6)7)16-8-11-20(29)18(12-16)23(34)36-4/h8-13,22H,14-15H2,1-7H3,(H2,31,32)/t22-,27?/m1/s1. The molecule has 0 fully saturated rings. The van der Waals surface area contributed by atoms with Gasteiger partial charge in [-0.25, -0.2) is 14.2 Å². The summed E-state index contributed by atoms with van der Waals surface area (Å²) in [5.74, 6) is -1.70. The molecule has 0 bridgehead atoms. The molecule has 0 aromatic heterocycles. The van der Waals surface area contributed by atoms with Crippen molar-refractivity contribution >= 4 is 53.7 Å². The van der Waals surface area contributed by atoms with Gasteiger partial charge in [0, 0.05) is 10.0 Å². The number of carbonyl (C=O) groups excluding carboxylic acids is 2. The lowest BCUT2D eigenvalue weighted by molar-refractivity contribution is -0.135. The normalized spacial score (nSPS) is 18.9. The van der Waals surface area contributed by atoms with E-state index in [-0.39, 0.29) is 35.1 Å². The Kier molecular flexibility index (Phi) is 8.82. The van der Waals surface area contributed by atoms with Gasteiger partial charge in [0.15, 0.2) is 19.8 Å². The quantitative estimate of drug-likeness (QED) is 0.270. The summed E-state index contributed by atoms with van der Waals surface area (Å²) in [7, 11) is -0.792. The van der Waals surface area contributed by atoms with Crippen LogP contribution in [-0.4, -0.2) is 44.8 Å². The number of carbonyl (C=O) groups is 2. The Morgan fingerprint density at radius 3 is 2.45 bits per heavy atom. The Morgan fingerprint density at radius 2 is 1.89 bits per heavy atom. The topological polar surface area (TPSA) is 94.2 Å². The first kappa shape index (κ1) is 30.3. The zero-order valence-electron chi connectivity index (χ0n) is 22.7. The first-order valence-electron chi connectivity index (χ1n) is 12.2. The number of halogens is 3. The molecule has 2 N–H and O–H groups in total. The van der Waals surface area contributed by atoms with Crippen molar-refractivity contribution in [2.24, 2.45) is 16.1 Å². The van der Waals surface area contributed by atoms with Gasteiger partial charge in [-0.3, -0.25) is 9.69 Å². The molecule has 11 heteroatoms. The van der Waals surface area contributed by atoms with E-state index in [4.69, 9.17) is 26.5 Å². The van der Waals surface area contributed by atoms with E-state index < -0.39 is 43.0 Å². The molecule has 0 spiro atoms. The van der Waals surface area contributed by atoms with Crippen molar-refractivity contribution in [3.8, 4) is 0 Å². The lowest BCUT2D eigenvalue weighted by Gasteiger charge is -2.35. The number of ether oxygens (including phenoxy) is 1. The average molecular weight is 627 g/mol. The Bertz CT molecular complexity index is 1280. The summed E-state index contributed by atoms with van der Waals surface area (Å²) < 4.78 is 27.1. The monoisotopic (exact) mass is 625 g/mol. The van der Waals surface area contributed by atoms with Gasteiger partial charge in [-0.15, -0.1) is 0 Å². The fourth-order valence-corrected chi connectivity index (χ4v) is 5.73. The van der Waals surface area contributed by atoms with Gasteiger partial charge in [0.1, 0.15) is 5.82 Å². The summed E-state index contributed by atoms with van der Waals surface area (Å²) in [6, 6.07) is 8.64. The van der Waals surface area contributed by atoms with Crippen molar-refractivity contribution in [3.05, 3.63) is 68.4 Å². The average Bonchev–Trinajstić information content (AvgIpc) is 3.02. The summed E-state index contributed by atoms with van der Waals surface area (Å²) in [6.07, 6.45) is 0.213. The zero-order chi connectivity index (χ0) is 28.6. The Labute approximate surface area is 237 Å². The highest BCUT2D eigenvalue weighted by Crippen LogP contribution is 2.46. The molecule has 2 atom stereocenters. The van der Waals surface area contributed by atoms with Crippen LogP contribution in [0.25, 0.3) is 0 Å². The molecule has 38 heavy (non-hydrogen) atoms. The summed E-state index contributed by atoms with van der Waals surface area (Å²) in [5.41, 5.74) is 5.33. The van der Waals surface area contributed by atoms with E-state index in [0.29, 0.717) is 10.0 Å². The number of esters is 1. The van der Waals surface area contributed by atoms with Gasteiger partial charge in [0.25, 0.3) is 5.91 Å². The molecule has 0 saturated heterocycles. The van der Waals surface area contributed by atoms with Crippen LogP contribution in [0.4, 0.5) is 4.39 Å². The number of hydrogen-bond acceptors (Lipinski definition) is 6. The molecule has 1 unspecified atom stereocenters. The van der Waals surface area contributed by atoms with Gasteiger partial charge in [-0.1, -0.05) is 60.4 Å². The molecule has 0 aliphatic carbocycles. The minimum atomic E-state index is -2.06. The summed E-state index contributed by atoms with van der Waals surface area (Å²) in [5, 5.41) is 0.207. The van der Waals surface area contributed by atoms with Crippen molar-refractivity contribution in [1.82, 2.24) is 4.90 Å². The van der Waals surface area contributed by atoms with Gasteiger partial charge in [0.05, 0.1) is 30.3 Å². The third-order valence-corrected chi connectivity index (χ3v) is 7.91. The van der Waals surface area contributed by atoms with E-state index in [9.17, 15) is 9.59 Å². The number of rotatable bonds is 8. The first-order valence-corrected chi connectivity index (χ1v) is 16.7. The maximum absolute atomic E-state index is 15.4. The van der Waals surface area contributed by atoms with Crippen LogP contribution in [0.1, 0.15) is 54.7 Å². The van der Waals surface area contributed by atoms with Crippen LogP contribution in [0, 0.1) is 11.2 Å². The number of nitrogens with two attached hydrogens (primary N) is 1. The third kappa shape index (κ3) is 6.47. The molecule has 206 valence electrons. The highest BCUT2D eigenvalue weighted by molar-refractivity contribution is 9.10. The molecule has 0 radical (unpaired) electrons. The number of aliphatic imine (C=N–C) groups is 1. The second-order valence-corrected chi connectivity index (χ2v) is 17.4. The second kappa shape index (κ2) is 11.1. The lowest BCUT2D eigenvalue weighted by atomic mass is 9.75. The van der Waals surface area contributed by atoms with Crippen LogP contribution in [0.3, 0.4) is 0 Å². The smallest absolute Gasteiger partial charge is 0.339 e. The van der Waals surface area contributed by atoms with Crippen LogP contribution in [0.15, 0.2) is 45.9 Å². The highest BCUT2D eigenvalue weighted by atomic mass is 79.9. The van der Waals surface area contributed by atoms with Gasteiger partial charge < -0.3 is 14.9 Å². The van der Waals surface area contributed by atoms with Crippen LogP contribution in [0.5, 0.6) is 0 Å². The van der Waals surface area contributed by atoms with E-state index in [1.165, 1.54) is 18.1 Å². The summed E-state index contributed by atoms with van der Waals surface area (Å²) in [4.78, 5) is 32.8. The predicted molar refractivity (Wildman–Crippen MR) is 153 cm³/mol. The molecule has 1 aliphatic rings. The number of methoxy groups -OCH3 is 1. The SMILES string of the molecule is COC(=O)c1cc([C@@H](CO[Si](C)(C)C)N2C(=O)C(CC(C)(C)C)(c3ccc(Br)cc3F)N=C2N)ccc1Cl. The van der Waals surface area contributed by atoms with E-state index in [0.717, 1.165) is 0 Å². The van der Waals surface area contributed by atoms with Crippen molar-refractivity contribution in [3.63, 3.8) is 0 Å². The molecule has 1 amide bonds. The van der Waals surface area contributed by atoms with Crippen LogP contribution in [-0.2, 0) is 19.5 Å². The van der Waals surface area contributed by atoms with Crippen LogP contribution >= 0.6 is 27.5 Å². The molecule has 7 nitrogen and oxygen atoms in total. The van der Waals surface area contributed by atoms with E-state index >= 15 is 4.39 Å². The third-order valence-electron chi connectivity index (χ3n) is 6.05. The van der Waals surface area contributed by atoms with Gasteiger partial charge >= 0.3 is 5.97 Å². The van der Waals surface area contributed by atoms with E-state index in [1.807, 2.05) is 40.4 Å². The minimum absolute atomic E-state index is 0.0553. The largest absolute Gasteiger partial charge is 0.465 e. The number of hydrogen-bond donors (Lipinski definition) is 1. The van der Waals surface area contributed by atoms with Gasteiger partial charge in [-0.2, -0.15) is 0 Å². The summed E-state index contributed by atoms with van der Waals surface area (Å²) >= 11 is 9.56. The molecular formula is C27H34BrClFN3O4Si. The number of guanidine groups is 1. The van der Waals surface area contributed by atoms with E-state index in [2.05, 4.69) is 20.9 Å². The van der Waals surface area contributed by atoms with Crippen molar-refractivity contribution in [2.75, 3.05) is 13.7 Å². The molecule has 0 saturated carbocycles.